The summed E-state index contributed by atoms with van der Waals surface area (Å²) < 4.78 is 4.99. The van der Waals surface area contributed by atoms with Gasteiger partial charge in [-0.25, -0.2) is 0 Å². The van der Waals surface area contributed by atoms with Crippen molar-refractivity contribution in [3.8, 4) is 50.1 Å². The van der Waals surface area contributed by atoms with Crippen LogP contribution in [0.5, 0.6) is 0 Å². The van der Waals surface area contributed by atoms with Crippen LogP contribution in [0.4, 0.5) is 0 Å². The molecule has 4 heteroatoms. The lowest BCUT2D eigenvalue weighted by atomic mass is 9.70. The number of aromatic nitrogens is 2. The summed E-state index contributed by atoms with van der Waals surface area (Å²) in [5.74, 6) is 0. The van der Waals surface area contributed by atoms with Gasteiger partial charge in [0.15, 0.2) is 0 Å². The summed E-state index contributed by atoms with van der Waals surface area (Å²) in [7, 11) is 0. The standard InChI is InChI=1S/C54H31N3S/c55-31-33-25-27-37-38-28-26-34(30-47(38)54(46(37)29-33)44-19-7-1-13-35(44)36-14-2-8-20-45(36)54)43-32-58-53(57-50-23-11-5-17-41(50)42-18-6-12-24-51(42)57)52(43)56-48-21-9-3-15-39(48)40-16-4-10-22-49(40)56/h1-30,32H. The molecule has 0 aliphatic heterocycles. The molecular formula is C54H31N3S. The molecule has 3 heterocycles. The molecule has 0 bridgehead atoms. The molecule has 0 unspecified atom stereocenters. The summed E-state index contributed by atoms with van der Waals surface area (Å²) in [5.41, 5.74) is 18.2. The molecule has 2 aliphatic rings. The van der Waals surface area contributed by atoms with Gasteiger partial charge in [-0.1, -0.05) is 140 Å². The van der Waals surface area contributed by atoms with Crippen LogP contribution < -0.4 is 0 Å². The highest BCUT2D eigenvalue weighted by Crippen LogP contribution is 2.63. The molecule has 11 aromatic rings. The van der Waals surface area contributed by atoms with Crippen LogP contribution in [0.15, 0.2) is 187 Å². The Hall–Kier alpha value is -7.45. The van der Waals surface area contributed by atoms with Gasteiger partial charge in [0.05, 0.1) is 44.8 Å². The Balaban J connectivity index is 1.16. The highest BCUT2D eigenvalue weighted by atomic mass is 32.1. The van der Waals surface area contributed by atoms with E-state index in [1.165, 1.54) is 98.7 Å². The number of hydrogen-bond acceptors (Lipinski definition) is 2. The summed E-state index contributed by atoms with van der Waals surface area (Å²) in [4.78, 5) is 0. The summed E-state index contributed by atoms with van der Waals surface area (Å²) in [6, 6.07) is 68.8. The van der Waals surface area contributed by atoms with Gasteiger partial charge in [0, 0.05) is 32.5 Å². The highest BCUT2D eigenvalue weighted by Gasteiger charge is 2.51. The van der Waals surface area contributed by atoms with Gasteiger partial charge in [0.25, 0.3) is 0 Å². The van der Waals surface area contributed by atoms with Crippen molar-refractivity contribution in [1.82, 2.24) is 9.13 Å². The van der Waals surface area contributed by atoms with E-state index in [0.717, 1.165) is 11.3 Å². The first-order valence-electron chi connectivity index (χ1n) is 19.7. The van der Waals surface area contributed by atoms with E-state index in [1.807, 2.05) is 6.07 Å². The van der Waals surface area contributed by atoms with Crippen molar-refractivity contribution < 1.29 is 0 Å². The zero-order valence-electron chi connectivity index (χ0n) is 31.1. The topological polar surface area (TPSA) is 33.6 Å². The molecule has 8 aromatic carbocycles. The molecule has 0 saturated heterocycles. The van der Waals surface area contributed by atoms with Gasteiger partial charge in [-0.05, 0) is 92.5 Å². The van der Waals surface area contributed by atoms with Gasteiger partial charge in [0.2, 0.25) is 0 Å². The van der Waals surface area contributed by atoms with E-state index >= 15 is 0 Å². The third-order valence-corrected chi connectivity index (χ3v) is 13.8. The molecule has 0 radical (unpaired) electrons. The second kappa shape index (κ2) is 11.6. The van der Waals surface area contributed by atoms with Gasteiger partial charge in [-0.15, -0.1) is 11.3 Å². The van der Waals surface area contributed by atoms with Crippen molar-refractivity contribution >= 4 is 54.9 Å². The third-order valence-electron chi connectivity index (χ3n) is 12.9. The predicted molar refractivity (Wildman–Crippen MR) is 239 cm³/mol. The molecule has 3 nitrogen and oxygen atoms in total. The van der Waals surface area contributed by atoms with Gasteiger partial charge in [0.1, 0.15) is 5.00 Å². The van der Waals surface area contributed by atoms with E-state index in [4.69, 9.17) is 0 Å². The SMILES string of the molecule is N#Cc1ccc2c(c1)C1(c3ccccc3-c3ccccc31)c1cc(-c3csc(-n4c5ccccc5c5ccccc54)c3-n3c4ccccc4c4ccccc43)ccc1-2. The minimum atomic E-state index is -0.570. The normalized spacial score (nSPS) is 13.3. The van der Waals surface area contributed by atoms with Crippen molar-refractivity contribution in [3.63, 3.8) is 0 Å². The fourth-order valence-electron chi connectivity index (χ4n) is 10.6. The number of rotatable bonds is 3. The fourth-order valence-corrected chi connectivity index (χ4v) is 11.7. The average molecular weight is 754 g/mol. The first kappa shape index (κ1) is 31.7. The van der Waals surface area contributed by atoms with Crippen molar-refractivity contribution in [2.45, 2.75) is 5.41 Å². The number of nitrogens with zero attached hydrogens (tertiary/aromatic N) is 3. The first-order valence-corrected chi connectivity index (χ1v) is 20.6. The zero-order valence-corrected chi connectivity index (χ0v) is 32.0. The van der Waals surface area contributed by atoms with Crippen LogP contribution in [0.2, 0.25) is 0 Å². The monoisotopic (exact) mass is 753 g/mol. The Morgan fingerprint density at radius 3 is 1.41 bits per heavy atom. The fraction of sp³-hybridized carbons (Fsp3) is 0.0185. The number of hydrogen-bond donors (Lipinski definition) is 0. The van der Waals surface area contributed by atoms with Crippen molar-refractivity contribution in [3.05, 3.63) is 215 Å². The van der Waals surface area contributed by atoms with Crippen LogP contribution in [-0.4, -0.2) is 9.13 Å². The van der Waals surface area contributed by atoms with Crippen LogP contribution in [0.3, 0.4) is 0 Å². The van der Waals surface area contributed by atoms with Crippen molar-refractivity contribution in [1.29, 1.82) is 5.26 Å². The number of benzene rings is 8. The Morgan fingerprint density at radius 2 is 0.862 bits per heavy atom. The minimum Gasteiger partial charge on any atom is -0.306 e. The number of thiophene rings is 1. The molecule has 0 amide bonds. The molecule has 2 aliphatic carbocycles. The maximum Gasteiger partial charge on any atom is 0.125 e. The maximum absolute atomic E-state index is 10.2. The quantitative estimate of drug-likeness (QED) is 0.177. The molecule has 0 saturated carbocycles. The largest absolute Gasteiger partial charge is 0.306 e. The number of para-hydroxylation sites is 4. The second-order valence-corrected chi connectivity index (χ2v) is 16.4. The molecule has 0 fully saturated rings. The maximum atomic E-state index is 10.2. The predicted octanol–water partition coefficient (Wildman–Crippen LogP) is 13.8. The summed E-state index contributed by atoms with van der Waals surface area (Å²) in [6.07, 6.45) is 0. The van der Waals surface area contributed by atoms with Crippen LogP contribution in [0.1, 0.15) is 27.8 Å². The molecule has 58 heavy (non-hydrogen) atoms. The molecule has 0 atom stereocenters. The Kier molecular flexibility index (Phi) is 6.32. The smallest absolute Gasteiger partial charge is 0.125 e. The molecule has 268 valence electrons. The lowest BCUT2D eigenvalue weighted by molar-refractivity contribution is 0.793. The van der Waals surface area contributed by atoms with Gasteiger partial charge in [-0.3, -0.25) is 4.57 Å². The van der Waals surface area contributed by atoms with Crippen LogP contribution in [0, 0.1) is 11.3 Å². The first-order chi connectivity index (χ1) is 28.8. The summed E-state index contributed by atoms with van der Waals surface area (Å²) in [6.45, 7) is 0. The average Bonchev–Trinajstić information content (AvgIpc) is 4.08. The second-order valence-electron chi connectivity index (χ2n) is 15.5. The van der Waals surface area contributed by atoms with Crippen LogP contribution >= 0.6 is 11.3 Å². The van der Waals surface area contributed by atoms with Gasteiger partial charge in [-0.2, -0.15) is 5.26 Å². The molecule has 13 rings (SSSR count). The lowest BCUT2D eigenvalue weighted by Crippen LogP contribution is -2.26. The van der Waals surface area contributed by atoms with Crippen LogP contribution in [-0.2, 0) is 5.41 Å². The summed E-state index contributed by atoms with van der Waals surface area (Å²) >= 11 is 1.81. The van der Waals surface area contributed by atoms with E-state index < -0.39 is 5.41 Å². The van der Waals surface area contributed by atoms with E-state index in [0.29, 0.717) is 5.56 Å². The van der Waals surface area contributed by atoms with Crippen molar-refractivity contribution in [2.75, 3.05) is 0 Å². The highest BCUT2D eigenvalue weighted by molar-refractivity contribution is 7.13. The molecule has 1 spiro atoms. The van der Waals surface area contributed by atoms with Gasteiger partial charge >= 0.3 is 0 Å². The minimum absolute atomic E-state index is 0.570. The Morgan fingerprint density at radius 1 is 0.414 bits per heavy atom. The van der Waals surface area contributed by atoms with Crippen molar-refractivity contribution in [2.24, 2.45) is 0 Å². The van der Waals surface area contributed by atoms with Gasteiger partial charge < -0.3 is 4.57 Å². The Bertz CT molecular complexity index is 3450. The lowest BCUT2D eigenvalue weighted by Gasteiger charge is -2.30. The third kappa shape index (κ3) is 3.91. The van der Waals surface area contributed by atoms with E-state index in [1.54, 1.807) is 11.3 Å². The van der Waals surface area contributed by atoms with E-state index in [-0.39, 0.29) is 0 Å². The molecule has 0 N–H and O–H groups in total. The molecular weight excluding hydrogens is 723 g/mol. The number of fused-ring (bicyclic) bond motifs is 16. The molecule has 3 aromatic heterocycles. The Labute approximate surface area is 338 Å². The van der Waals surface area contributed by atoms with Crippen LogP contribution in [0.25, 0.3) is 87.7 Å². The summed E-state index contributed by atoms with van der Waals surface area (Å²) in [5, 5.41) is 18.7. The number of nitriles is 1. The van der Waals surface area contributed by atoms with E-state index in [2.05, 4.69) is 197 Å². The van der Waals surface area contributed by atoms with E-state index in [9.17, 15) is 5.26 Å². The zero-order chi connectivity index (χ0) is 38.1.